The normalized spacial score (nSPS) is 17.2. The maximum atomic E-state index is 12.4. The zero-order valence-electron chi connectivity index (χ0n) is 13.3. The van der Waals surface area contributed by atoms with Gasteiger partial charge >= 0.3 is 6.61 Å². The summed E-state index contributed by atoms with van der Waals surface area (Å²) in [6, 6.07) is 4.70. The summed E-state index contributed by atoms with van der Waals surface area (Å²) in [4.78, 5) is 14.1. The Morgan fingerprint density at radius 2 is 2.13 bits per heavy atom. The summed E-state index contributed by atoms with van der Waals surface area (Å²) < 4.78 is 34.1. The van der Waals surface area contributed by atoms with Gasteiger partial charge in [0.2, 0.25) is 5.91 Å². The van der Waals surface area contributed by atoms with E-state index in [0.29, 0.717) is 6.54 Å². The first kappa shape index (κ1) is 17.2. The largest absolute Gasteiger partial charge is 0.493 e. The molecule has 1 atom stereocenters. The van der Waals surface area contributed by atoms with Gasteiger partial charge in [0, 0.05) is 19.5 Å². The molecule has 1 aliphatic rings. The molecule has 0 aromatic heterocycles. The number of amides is 1. The highest BCUT2D eigenvalue weighted by atomic mass is 19.3. The van der Waals surface area contributed by atoms with Crippen LogP contribution in [0.5, 0.6) is 11.5 Å². The molecule has 0 N–H and O–H groups in total. The second-order valence-corrected chi connectivity index (χ2v) is 5.54. The minimum atomic E-state index is -2.90. The zero-order valence-corrected chi connectivity index (χ0v) is 13.3. The van der Waals surface area contributed by atoms with Gasteiger partial charge in [0.25, 0.3) is 0 Å². The lowest BCUT2D eigenvalue weighted by Crippen LogP contribution is -2.32. The monoisotopic (exact) mass is 325 g/mol. The molecule has 23 heavy (non-hydrogen) atoms. The average Bonchev–Trinajstić information content (AvgIpc) is 2.55. The third-order valence-corrected chi connectivity index (χ3v) is 3.86. The molecule has 0 radical (unpaired) electrons. The molecule has 126 valence electrons. The van der Waals surface area contributed by atoms with E-state index < -0.39 is 6.61 Å². The van der Waals surface area contributed by atoms with E-state index in [1.807, 2.05) is 6.08 Å². The summed E-state index contributed by atoms with van der Waals surface area (Å²) in [6.45, 7) is -2.51. The molecule has 1 aromatic rings. The number of alkyl halides is 2. The van der Waals surface area contributed by atoms with Gasteiger partial charge in [-0.1, -0.05) is 18.2 Å². The molecule has 0 fully saturated rings. The van der Waals surface area contributed by atoms with E-state index in [0.717, 1.165) is 24.8 Å². The molecule has 0 bridgehead atoms. The first-order chi connectivity index (χ1) is 11.0. The van der Waals surface area contributed by atoms with E-state index >= 15 is 0 Å². The maximum absolute atomic E-state index is 12.4. The first-order valence-corrected chi connectivity index (χ1v) is 7.53. The Kier molecular flexibility index (Phi) is 5.96. The van der Waals surface area contributed by atoms with Crippen LogP contribution >= 0.6 is 0 Å². The topological polar surface area (TPSA) is 38.8 Å². The first-order valence-electron chi connectivity index (χ1n) is 7.53. The standard InChI is InChI=1S/C17H21F2NO3/c1-20(16(21)13-6-4-3-5-7-13)11-12-8-9-14(23-17(18)19)15(10-12)22-2/h3-4,8-10,13,17H,5-7,11H2,1-2H3/t13-/m1/s1. The number of ether oxygens (including phenoxy) is 2. The van der Waals surface area contributed by atoms with E-state index in [1.54, 1.807) is 24.1 Å². The van der Waals surface area contributed by atoms with Gasteiger partial charge in [0.15, 0.2) is 11.5 Å². The SMILES string of the molecule is COc1cc(CN(C)C(=O)[C@@H]2CC=CCC2)ccc1OC(F)F. The maximum Gasteiger partial charge on any atom is 0.387 e. The van der Waals surface area contributed by atoms with E-state index in [-0.39, 0.29) is 23.3 Å². The van der Waals surface area contributed by atoms with E-state index in [2.05, 4.69) is 10.8 Å². The van der Waals surface area contributed by atoms with Gasteiger partial charge < -0.3 is 14.4 Å². The molecule has 0 saturated carbocycles. The van der Waals surface area contributed by atoms with Crippen molar-refractivity contribution in [2.24, 2.45) is 5.92 Å². The third-order valence-electron chi connectivity index (χ3n) is 3.86. The fourth-order valence-corrected chi connectivity index (χ4v) is 2.69. The second kappa shape index (κ2) is 7.94. The van der Waals surface area contributed by atoms with Crippen LogP contribution in [-0.4, -0.2) is 31.6 Å². The van der Waals surface area contributed by atoms with Crippen molar-refractivity contribution >= 4 is 5.91 Å². The van der Waals surface area contributed by atoms with Crippen LogP contribution in [0.4, 0.5) is 8.78 Å². The molecule has 6 heteroatoms. The Labute approximate surface area is 134 Å². The molecule has 0 aliphatic heterocycles. The molecule has 0 spiro atoms. The lowest BCUT2D eigenvalue weighted by Gasteiger charge is -2.24. The van der Waals surface area contributed by atoms with Crippen LogP contribution in [0.2, 0.25) is 0 Å². The van der Waals surface area contributed by atoms with Crippen molar-refractivity contribution in [3.05, 3.63) is 35.9 Å². The molecule has 1 amide bonds. The molecule has 2 rings (SSSR count). The van der Waals surface area contributed by atoms with Crippen molar-refractivity contribution in [3.63, 3.8) is 0 Å². The van der Waals surface area contributed by atoms with Crippen LogP contribution in [0, 0.1) is 5.92 Å². The molecule has 4 nitrogen and oxygen atoms in total. The fourth-order valence-electron chi connectivity index (χ4n) is 2.69. The van der Waals surface area contributed by atoms with Gasteiger partial charge in [0.1, 0.15) is 0 Å². The zero-order chi connectivity index (χ0) is 16.8. The number of hydrogen-bond donors (Lipinski definition) is 0. The van der Waals surface area contributed by atoms with Crippen LogP contribution in [0.1, 0.15) is 24.8 Å². The van der Waals surface area contributed by atoms with Crippen LogP contribution in [0.25, 0.3) is 0 Å². The molecule has 0 heterocycles. The lowest BCUT2D eigenvalue weighted by atomic mass is 9.93. The van der Waals surface area contributed by atoms with Gasteiger partial charge in [-0.05, 0) is 37.0 Å². The number of nitrogens with zero attached hydrogens (tertiary/aromatic N) is 1. The highest BCUT2D eigenvalue weighted by molar-refractivity contribution is 5.79. The summed E-state index contributed by atoms with van der Waals surface area (Å²) in [5.74, 6) is 0.330. The molecule has 1 aromatic carbocycles. The highest BCUT2D eigenvalue weighted by Gasteiger charge is 2.22. The predicted octanol–water partition coefficient (Wildman–Crippen LogP) is 3.61. The number of hydrogen-bond acceptors (Lipinski definition) is 3. The van der Waals surface area contributed by atoms with Crippen LogP contribution in [0.3, 0.4) is 0 Å². The van der Waals surface area contributed by atoms with Gasteiger partial charge in [-0.15, -0.1) is 0 Å². The van der Waals surface area contributed by atoms with Gasteiger partial charge in [-0.25, -0.2) is 0 Å². The number of carbonyl (C=O) groups is 1. The average molecular weight is 325 g/mol. The molecule has 1 aliphatic carbocycles. The Bertz CT molecular complexity index is 575. The smallest absolute Gasteiger partial charge is 0.387 e. The summed E-state index contributed by atoms with van der Waals surface area (Å²) in [5.41, 5.74) is 0.797. The van der Waals surface area contributed by atoms with E-state index in [1.165, 1.54) is 13.2 Å². The summed E-state index contributed by atoms with van der Waals surface area (Å²) in [6.07, 6.45) is 6.70. The number of carbonyl (C=O) groups excluding carboxylic acids is 1. The van der Waals surface area contributed by atoms with Gasteiger partial charge in [-0.2, -0.15) is 8.78 Å². The molecule has 0 saturated heterocycles. The third kappa shape index (κ3) is 4.68. The second-order valence-electron chi connectivity index (χ2n) is 5.54. The molecular formula is C17H21F2NO3. The van der Waals surface area contributed by atoms with Crippen molar-refractivity contribution in [3.8, 4) is 11.5 Å². The molecular weight excluding hydrogens is 304 g/mol. The van der Waals surface area contributed by atoms with Crippen molar-refractivity contribution in [1.82, 2.24) is 4.90 Å². The number of halogens is 2. The van der Waals surface area contributed by atoms with E-state index in [4.69, 9.17) is 4.74 Å². The Hall–Kier alpha value is -2.11. The molecule has 0 unspecified atom stereocenters. The van der Waals surface area contributed by atoms with Crippen LogP contribution in [0.15, 0.2) is 30.4 Å². The van der Waals surface area contributed by atoms with Gasteiger partial charge in [-0.3, -0.25) is 4.79 Å². The van der Waals surface area contributed by atoms with Crippen LogP contribution < -0.4 is 9.47 Å². The number of methoxy groups -OCH3 is 1. The quantitative estimate of drug-likeness (QED) is 0.750. The number of allylic oxidation sites excluding steroid dienone is 2. The lowest BCUT2D eigenvalue weighted by molar-refractivity contribution is -0.135. The van der Waals surface area contributed by atoms with Crippen molar-refractivity contribution in [1.29, 1.82) is 0 Å². The van der Waals surface area contributed by atoms with Gasteiger partial charge in [0.05, 0.1) is 7.11 Å². The number of rotatable bonds is 6. The van der Waals surface area contributed by atoms with Crippen molar-refractivity contribution in [2.45, 2.75) is 32.4 Å². The van der Waals surface area contributed by atoms with Crippen molar-refractivity contribution < 1.29 is 23.0 Å². The van der Waals surface area contributed by atoms with E-state index in [9.17, 15) is 13.6 Å². The summed E-state index contributed by atoms with van der Waals surface area (Å²) in [7, 11) is 3.14. The van der Waals surface area contributed by atoms with Crippen LogP contribution in [-0.2, 0) is 11.3 Å². The Balaban J connectivity index is 2.04. The summed E-state index contributed by atoms with van der Waals surface area (Å²) >= 11 is 0. The Morgan fingerprint density at radius 3 is 2.74 bits per heavy atom. The highest BCUT2D eigenvalue weighted by Crippen LogP contribution is 2.30. The van der Waals surface area contributed by atoms with Crippen molar-refractivity contribution in [2.75, 3.05) is 14.2 Å². The minimum absolute atomic E-state index is 0.0161. The number of benzene rings is 1. The minimum Gasteiger partial charge on any atom is -0.493 e. The predicted molar refractivity (Wildman–Crippen MR) is 82.6 cm³/mol. The Morgan fingerprint density at radius 1 is 1.35 bits per heavy atom. The fraction of sp³-hybridized carbons (Fsp3) is 0.471. The summed E-state index contributed by atoms with van der Waals surface area (Å²) in [5, 5.41) is 0.